The fourth-order valence-electron chi connectivity index (χ4n) is 7.01. The van der Waals surface area contributed by atoms with Crippen molar-refractivity contribution in [3.8, 4) is 0 Å². The molecule has 0 fully saturated rings. The highest BCUT2D eigenvalue weighted by Gasteiger charge is 2.20. The zero-order valence-corrected chi connectivity index (χ0v) is 32.3. The zero-order chi connectivity index (χ0) is 34.3. The Morgan fingerprint density at radius 2 is 0.681 bits per heavy atom. The lowest BCUT2D eigenvalue weighted by Crippen LogP contribution is -2.45. The van der Waals surface area contributed by atoms with Crippen molar-refractivity contribution in [3.63, 3.8) is 0 Å². The number of hydrogen-bond acceptors (Lipinski definition) is 3. The van der Waals surface area contributed by atoms with E-state index in [-0.39, 0.29) is 12.5 Å². The summed E-state index contributed by atoms with van der Waals surface area (Å²) < 4.78 is 0. The van der Waals surface area contributed by atoms with Gasteiger partial charge in [0.25, 0.3) is 0 Å². The van der Waals surface area contributed by atoms with E-state index in [4.69, 9.17) is 0 Å². The van der Waals surface area contributed by atoms with Crippen LogP contribution in [-0.4, -0.2) is 34.9 Å². The number of nitrogens with one attached hydrogen (secondary N) is 1. The average Bonchev–Trinajstić information content (AvgIpc) is 3.07. The summed E-state index contributed by atoms with van der Waals surface area (Å²) in [6, 6.07) is -0.528. The minimum atomic E-state index is -0.652. The van der Waals surface area contributed by atoms with Crippen LogP contribution in [0.1, 0.15) is 251 Å². The first-order valence-corrected chi connectivity index (χ1v) is 21.7. The van der Waals surface area contributed by atoms with Crippen molar-refractivity contribution in [3.05, 3.63) is 0 Å². The molecule has 4 heteroatoms. The van der Waals surface area contributed by atoms with Crippen molar-refractivity contribution in [1.82, 2.24) is 5.32 Å². The Bertz CT molecular complexity index is 598. The molecule has 2 atom stereocenters. The van der Waals surface area contributed by atoms with Crippen molar-refractivity contribution in [2.45, 2.75) is 264 Å². The van der Waals surface area contributed by atoms with Gasteiger partial charge in [0.05, 0.1) is 18.8 Å². The summed E-state index contributed by atoms with van der Waals surface area (Å²) in [5.41, 5.74) is 0. The summed E-state index contributed by atoms with van der Waals surface area (Å²) in [7, 11) is 0. The summed E-state index contributed by atoms with van der Waals surface area (Å²) in [4.78, 5) is 12.4. The summed E-state index contributed by atoms with van der Waals surface area (Å²) in [5, 5.41) is 23.1. The molecule has 3 N–H and O–H groups in total. The van der Waals surface area contributed by atoms with Gasteiger partial charge in [0, 0.05) is 6.42 Å². The van der Waals surface area contributed by atoms with E-state index in [0.29, 0.717) is 12.8 Å². The molecule has 4 nitrogen and oxygen atoms in total. The van der Waals surface area contributed by atoms with Gasteiger partial charge in [-0.2, -0.15) is 0 Å². The maximum atomic E-state index is 12.4. The van der Waals surface area contributed by atoms with Crippen molar-refractivity contribution >= 4 is 5.91 Å². The highest BCUT2D eigenvalue weighted by molar-refractivity contribution is 5.76. The van der Waals surface area contributed by atoms with Gasteiger partial charge in [0.15, 0.2) is 0 Å². The van der Waals surface area contributed by atoms with E-state index in [0.717, 1.165) is 25.7 Å². The first-order chi connectivity index (χ1) is 23.2. The molecule has 0 bridgehead atoms. The lowest BCUT2D eigenvalue weighted by molar-refractivity contribution is -0.123. The van der Waals surface area contributed by atoms with Gasteiger partial charge < -0.3 is 15.5 Å². The number of amides is 1. The topological polar surface area (TPSA) is 69.6 Å². The predicted octanol–water partition coefficient (Wildman–Crippen LogP) is 13.3. The standard InChI is InChI=1S/C43H87NO3/c1-3-5-7-9-11-13-15-17-19-20-21-22-23-24-25-27-29-31-33-35-37-39-43(47)44-41(40-45)42(46)38-36-34-32-30-28-26-18-16-14-12-10-8-6-4-2/h41-42,45-46H,3-40H2,1-2H3,(H,44,47)/t41-,42+/m0/s1. The summed E-state index contributed by atoms with van der Waals surface area (Å²) in [5.74, 6) is -0.0261. The Kier molecular flexibility index (Phi) is 39.3. The van der Waals surface area contributed by atoms with E-state index in [2.05, 4.69) is 19.2 Å². The quantitative estimate of drug-likeness (QED) is 0.0570. The number of carbonyl (C=O) groups is 1. The third-order valence-corrected chi connectivity index (χ3v) is 10.4. The average molecular weight is 666 g/mol. The molecule has 0 rings (SSSR count). The van der Waals surface area contributed by atoms with E-state index in [1.165, 1.54) is 199 Å². The summed E-state index contributed by atoms with van der Waals surface area (Å²) >= 11 is 0. The molecule has 47 heavy (non-hydrogen) atoms. The normalized spacial score (nSPS) is 12.9. The highest BCUT2D eigenvalue weighted by Crippen LogP contribution is 2.17. The molecule has 0 spiro atoms. The minimum absolute atomic E-state index is 0.0261. The van der Waals surface area contributed by atoms with Crippen LogP contribution in [0.2, 0.25) is 0 Å². The molecular weight excluding hydrogens is 578 g/mol. The smallest absolute Gasteiger partial charge is 0.220 e. The molecular formula is C43H87NO3. The third-order valence-electron chi connectivity index (χ3n) is 10.4. The van der Waals surface area contributed by atoms with E-state index in [9.17, 15) is 15.0 Å². The van der Waals surface area contributed by atoms with Gasteiger partial charge in [-0.3, -0.25) is 4.79 Å². The lowest BCUT2D eigenvalue weighted by Gasteiger charge is -2.22. The van der Waals surface area contributed by atoms with Crippen LogP contribution < -0.4 is 5.32 Å². The number of aliphatic hydroxyl groups is 2. The Morgan fingerprint density at radius 3 is 0.957 bits per heavy atom. The van der Waals surface area contributed by atoms with Crippen LogP contribution in [0.3, 0.4) is 0 Å². The monoisotopic (exact) mass is 666 g/mol. The zero-order valence-electron chi connectivity index (χ0n) is 32.3. The molecule has 0 heterocycles. The van der Waals surface area contributed by atoms with Gasteiger partial charge in [-0.15, -0.1) is 0 Å². The van der Waals surface area contributed by atoms with Gasteiger partial charge in [-0.1, -0.05) is 232 Å². The number of aliphatic hydroxyl groups excluding tert-OH is 2. The molecule has 0 aromatic rings. The molecule has 0 radical (unpaired) electrons. The fraction of sp³-hybridized carbons (Fsp3) is 0.977. The van der Waals surface area contributed by atoms with Crippen molar-refractivity contribution in [1.29, 1.82) is 0 Å². The van der Waals surface area contributed by atoms with Crippen molar-refractivity contribution in [2.75, 3.05) is 6.61 Å². The van der Waals surface area contributed by atoms with Crippen LogP contribution in [0.15, 0.2) is 0 Å². The second-order valence-corrected chi connectivity index (χ2v) is 15.1. The highest BCUT2D eigenvalue weighted by atomic mass is 16.3. The predicted molar refractivity (Wildman–Crippen MR) is 207 cm³/mol. The Hall–Kier alpha value is -0.610. The van der Waals surface area contributed by atoms with Crippen LogP contribution in [0.25, 0.3) is 0 Å². The largest absolute Gasteiger partial charge is 0.394 e. The van der Waals surface area contributed by atoms with Crippen molar-refractivity contribution in [2.24, 2.45) is 0 Å². The first kappa shape index (κ1) is 46.4. The van der Waals surface area contributed by atoms with Gasteiger partial charge in [-0.25, -0.2) is 0 Å². The van der Waals surface area contributed by atoms with Gasteiger partial charge in [0.2, 0.25) is 5.91 Å². The summed E-state index contributed by atoms with van der Waals surface area (Å²) in [6.07, 6.45) is 47.5. The number of rotatable bonds is 40. The number of hydrogen-bond donors (Lipinski definition) is 3. The lowest BCUT2D eigenvalue weighted by atomic mass is 10.0. The SMILES string of the molecule is CCCCCCCCCCCCCCCCCCCCCCCC(=O)N[C@@H](CO)[C@H](O)CCCCCCCCCCCCCCCC. The van der Waals surface area contributed by atoms with E-state index in [1.807, 2.05) is 0 Å². The fourth-order valence-corrected chi connectivity index (χ4v) is 7.01. The molecule has 0 aliphatic rings. The Labute approximate surface area is 295 Å². The molecule has 0 aliphatic carbocycles. The van der Waals surface area contributed by atoms with E-state index in [1.54, 1.807) is 0 Å². The Balaban J connectivity index is 3.45. The molecule has 0 saturated heterocycles. The summed E-state index contributed by atoms with van der Waals surface area (Å²) in [6.45, 7) is 4.38. The van der Waals surface area contributed by atoms with E-state index >= 15 is 0 Å². The van der Waals surface area contributed by atoms with Gasteiger partial charge >= 0.3 is 0 Å². The van der Waals surface area contributed by atoms with Crippen molar-refractivity contribution < 1.29 is 15.0 Å². The molecule has 0 aliphatic heterocycles. The minimum Gasteiger partial charge on any atom is -0.394 e. The van der Waals surface area contributed by atoms with Crippen LogP contribution >= 0.6 is 0 Å². The van der Waals surface area contributed by atoms with Crippen LogP contribution in [0.5, 0.6) is 0 Å². The molecule has 1 amide bonds. The van der Waals surface area contributed by atoms with Gasteiger partial charge in [0.1, 0.15) is 0 Å². The third kappa shape index (κ3) is 36.5. The molecule has 0 aromatic carbocycles. The maximum Gasteiger partial charge on any atom is 0.220 e. The Morgan fingerprint density at radius 1 is 0.426 bits per heavy atom. The van der Waals surface area contributed by atoms with E-state index < -0.39 is 12.1 Å². The van der Waals surface area contributed by atoms with Crippen LogP contribution in [0, 0.1) is 0 Å². The molecule has 282 valence electrons. The van der Waals surface area contributed by atoms with Crippen LogP contribution in [-0.2, 0) is 4.79 Å². The second kappa shape index (κ2) is 39.8. The van der Waals surface area contributed by atoms with Gasteiger partial charge in [-0.05, 0) is 12.8 Å². The number of carbonyl (C=O) groups excluding carboxylic acids is 1. The second-order valence-electron chi connectivity index (χ2n) is 15.1. The first-order valence-electron chi connectivity index (χ1n) is 21.7. The van der Waals surface area contributed by atoms with Crippen LogP contribution in [0.4, 0.5) is 0 Å². The number of unbranched alkanes of at least 4 members (excludes halogenated alkanes) is 33. The molecule has 0 aromatic heterocycles. The maximum absolute atomic E-state index is 12.4. The molecule has 0 unspecified atom stereocenters. The molecule has 0 saturated carbocycles.